The molecule has 0 aliphatic carbocycles. The molecule has 2 rings (SSSR count). The number of aromatic carboxylic acids is 1. The Morgan fingerprint density at radius 3 is 2.75 bits per heavy atom. The lowest BCUT2D eigenvalue weighted by Crippen LogP contribution is -2.16. The first kappa shape index (κ1) is 16.2. The van der Waals surface area contributed by atoms with Crippen LogP contribution in [0.1, 0.15) is 16.1 Å². The van der Waals surface area contributed by atoms with E-state index < -0.39 is 5.97 Å². The molecule has 108 valence electrons. The van der Waals surface area contributed by atoms with E-state index in [0.717, 1.165) is 11.3 Å². The second-order valence-corrected chi connectivity index (χ2v) is 4.05. The van der Waals surface area contributed by atoms with Crippen LogP contribution in [-0.4, -0.2) is 29.3 Å². The number of nitrogens with one attached hydrogen (secondary N) is 1. The number of rotatable bonds is 6. The third-order valence-electron chi connectivity index (χ3n) is 2.64. The highest BCUT2D eigenvalue weighted by atomic mass is 35.5. The van der Waals surface area contributed by atoms with Crippen molar-refractivity contribution in [3.63, 3.8) is 0 Å². The van der Waals surface area contributed by atoms with Crippen LogP contribution >= 0.6 is 12.4 Å². The molecule has 0 spiro atoms. The zero-order valence-electron chi connectivity index (χ0n) is 10.7. The summed E-state index contributed by atoms with van der Waals surface area (Å²) in [5, 5.41) is 20.6. The van der Waals surface area contributed by atoms with Crippen LogP contribution < -0.4 is 5.32 Å². The normalized spacial score (nSPS) is 10.1. The molecule has 2 aromatic rings. The summed E-state index contributed by atoms with van der Waals surface area (Å²) in [5.41, 5.74) is 0.960. The average Bonchev–Trinajstić information content (AvgIpc) is 2.88. The Morgan fingerprint density at radius 1 is 1.25 bits per heavy atom. The third-order valence-corrected chi connectivity index (χ3v) is 2.64. The summed E-state index contributed by atoms with van der Waals surface area (Å²) in [7, 11) is 0. The van der Waals surface area contributed by atoms with Gasteiger partial charge in [-0.3, -0.25) is 0 Å². The maximum Gasteiger partial charge on any atom is 0.335 e. The van der Waals surface area contributed by atoms with Crippen molar-refractivity contribution in [1.82, 2.24) is 5.32 Å². The van der Waals surface area contributed by atoms with E-state index in [9.17, 15) is 4.79 Å². The van der Waals surface area contributed by atoms with Gasteiger partial charge in [-0.2, -0.15) is 0 Å². The molecule has 0 fully saturated rings. The van der Waals surface area contributed by atoms with Crippen LogP contribution in [0.2, 0.25) is 0 Å². The molecule has 20 heavy (non-hydrogen) atoms. The first-order valence-corrected chi connectivity index (χ1v) is 5.94. The van der Waals surface area contributed by atoms with Crippen molar-refractivity contribution in [3.05, 3.63) is 47.7 Å². The van der Waals surface area contributed by atoms with Gasteiger partial charge in [-0.25, -0.2) is 4.79 Å². The second-order valence-electron chi connectivity index (χ2n) is 4.05. The van der Waals surface area contributed by atoms with E-state index in [0.29, 0.717) is 18.8 Å². The van der Waals surface area contributed by atoms with Crippen LogP contribution in [-0.2, 0) is 6.54 Å². The molecule has 0 atom stereocenters. The van der Waals surface area contributed by atoms with Crippen molar-refractivity contribution < 1.29 is 19.4 Å². The molecule has 0 aliphatic heterocycles. The molecule has 0 aliphatic rings. The van der Waals surface area contributed by atoms with E-state index in [4.69, 9.17) is 14.6 Å². The molecule has 5 nitrogen and oxygen atoms in total. The molecular weight excluding hydrogens is 282 g/mol. The summed E-state index contributed by atoms with van der Waals surface area (Å²) in [4.78, 5) is 10.9. The van der Waals surface area contributed by atoms with E-state index in [-0.39, 0.29) is 24.6 Å². The Kier molecular flexibility index (Phi) is 6.24. The number of aliphatic hydroxyl groups excluding tert-OH is 1. The van der Waals surface area contributed by atoms with Gasteiger partial charge in [-0.15, -0.1) is 12.4 Å². The minimum absolute atomic E-state index is 0. The summed E-state index contributed by atoms with van der Waals surface area (Å²) >= 11 is 0. The monoisotopic (exact) mass is 297 g/mol. The standard InChI is InChI=1S/C14H15NO4.ClH/c16-7-6-15-9-12-4-5-13(19-12)10-2-1-3-11(8-10)14(17)18;/h1-5,8,15-16H,6-7,9H2,(H,17,18);1H. The van der Waals surface area contributed by atoms with Crippen molar-refractivity contribution >= 4 is 18.4 Å². The molecule has 3 N–H and O–H groups in total. The van der Waals surface area contributed by atoms with Crippen molar-refractivity contribution in [2.75, 3.05) is 13.2 Å². The number of carboxylic acids is 1. The smallest absolute Gasteiger partial charge is 0.335 e. The van der Waals surface area contributed by atoms with Crippen molar-refractivity contribution in [2.45, 2.75) is 6.54 Å². The first-order valence-electron chi connectivity index (χ1n) is 5.94. The minimum atomic E-state index is -0.960. The van der Waals surface area contributed by atoms with Gasteiger partial charge in [0.05, 0.1) is 18.7 Å². The fourth-order valence-corrected chi connectivity index (χ4v) is 1.72. The molecular formula is C14H16ClNO4. The summed E-state index contributed by atoms with van der Waals surface area (Å²) in [6.45, 7) is 1.11. The van der Waals surface area contributed by atoms with Crippen molar-refractivity contribution in [3.8, 4) is 11.3 Å². The van der Waals surface area contributed by atoms with Gasteiger partial charge in [0.15, 0.2) is 0 Å². The van der Waals surface area contributed by atoms with Crippen LogP contribution in [0.5, 0.6) is 0 Å². The van der Waals surface area contributed by atoms with Crippen LogP contribution in [0.4, 0.5) is 0 Å². The predicted molar refractivity (Wildman–Crippen MR) is 77.1 cm³/mol. The van der Waals surface area contributed by atoms with E-state index in [1.54, 1.807) is 30.3 Å². The van der Waals surface area contributed by atoms with E-state index in [1.165, 1.54) is 0 Å². The number of furan rings is 1. The van der Waals surface area contributed by atoms with Crippen molar-refractivity contribution in [1.29, 1.82) is 0 Å². The number of carboxylic acid groups (broad SMARTS) is 1. The van der Waals surface area contributed by atoms with E-state index in [1.807, 2.05) is 6.07 Å². The quantitative estimate of drug-likeness (QED) is 0.712. The summed E-state index contributed by atoms with van der Waals surface area (Å²) in [5.74, 6) is 0.409. The largest absolute Gasteiger partial charge is 0.478 e. The lowest BCUT2D eigenvalue weighted by molar-refractivity contribution is 0.0697. The Morgan fingerprint density at radius 2 is 2.05 bits per heavy atom. The summed E-state index contributed by atoms with van der Waals surface area (Å²) in [6.07, 6.45) is 0. The molecule has 0 saturated heterocycles. The number of aliphatic hydroxyl groups is 1. The predicted octanol–water partition coefficient (Wildman–Crippen LogP) is 2.15. The Bertz CT molecular complexity index is 568. The van der Waals surface area contributed by atoms with Gasteiger partial charge < -0.3 is 19.9 Å². The third kappa shape index (κ3) is 4.09. The van der Waals surface area contributed by atoms with Gasteiger partial charge in [-0.1, -0.05) is 12.1 Å². The molecule has 0 amide bonds. The zero-order valence-corrected chi connectivity index (χ0v) is 11.5. The first-order chi connectivity index (χ1) is 9.20. The number of hydrogen-bond donors (Lipinski definition) is 3. The topological polar surface area (TPSA) is 82.7 Å². The SMILES string of the molecule is Cl.O=C(O)c1cccc(-c2ccc(CNCCO)o2)c1. The molecule has 1 aromatic heterocycles. The maximum absolute atomic E-state index is 10.9. The Balaban J connectivity index is 0.00000200. The van der Waals surface area contributed by atoms with Gasteiger partial charge in [-0.05, 0) is 24.3 Å². The number of halogens is 1. The molecule has 6 heteroatoms. The van der Waals surface area contributed by atoms with E-state index >= 15 is 0 Å². The lowest BCUT2D eigenvalue weighted by Gasteiger charge is -2.01. The highest BCUT2D eigenvalue weighted by Gasteiger charge is 2.08. The zero-order chi connectivity index (χ0) is 13.7. The lowest BCUT2D eigenvalue weighted by atomic mass is 10.1. The molecule has 0 radical (unpaired) electrons. The summed E-state index contributed by atoms with van der Waals surface area (Å²) in [6, 6.07) is 10.2. The van der Waals surface area contributed by atoms with Gasteiger partial charge in [0.2, 0.25) is 0 Å². The van der Waals surface area contributed by atoms with Gasteiger partial charge in [0, 0.05) is 12.1 Å². The minimum Gasteiger partial charge on any atom is -0.478 e. The van der Waals surface area contributed by atoms with Crippen LogP contribution in [0, 0.1) is 0 Å². The van der Waals surface area contributed by atoms with E-state index in [2.05, 4.69) is 5.32 Å². The fourth-order valence-electron chi connectivity index (χ4n) is 1.72. The molecule has 0 saturated carbocycles. The van der Waals surface area contributed by atoms with Gasteiger partial charge in [0.1, 0.15) is 11.5 Å². The molecule has 1 heterocycles. The highest BCUT2D eigenvalue weighted by Crippen LogP contribution is 2.23. The Labute approximate surface area is 122 Å². The van der Waals surface area contributed by atoms with Gasteiger partial charge in [0.25, 0.3) is 0 Å². The Hall–Kier alpha value is -1.82. The molecule has 0 bridgehead atoms. The maximum atomic E-state index is 10.9. The number of carbonyl (C=O) groups is 1. The second kappa shape index (κ2) is 7.69. The molecule has 1 aromatic carbocycles. The molecule has 0 unspecified atom stereocenters. The summed E-state index contributed by atoms with van der Waals surface area (Å²) < 4.78 is 5.61. The van der Waals surface area contributed by atoms with Gasteiger partial charge >= 0.3 is 5.97 Å². The average molecular weight is 298 g/mol. The van der Waals surface area contributed by atoms with Crippen molar-refractivity contribution in [2.24, 2.45) is 0 Å². The highest BCUT2D eigenvalue weighted by molar-refractivity contribution is 5.89. The van der Waals surface area contributed by atoms with Crippen LogP contribution in [0.15, 0.2) is 40.8 Å². The van der Waals surface area contributed by atoms with Crippen LogP contribution in [0.25, 0.3) is 11.3 Å². The number of hydrogen-bond acceptors (Lipinski definition) is 4. The fraction of sp³-hybridized carbons (Fsp3) is 0.214. The number of benzene rings is 1. The van der Waals surface area contributed by atoms with Crippen LogP contribution in [0.3, 0.4) is 0 Å².